The Kier molecular flexibility index (Phi) is 4.36. The largest absolute Gasteiger partial charge is 0.391 e. The summed E-state index contributed by atoms with van der Waals surface area (Å²) in [5.74, 6) is -0.798. The van der Waals surface area contributed by atoms with Gasteiger partial charge in [-0.05, 0) is 11.1 Å². The Morgan fingerprint density at radius 1 is 1.30 bits per heavy atom. The smallest absolute Gasteiger partial charge is 0.240 e. The van der Waals surface area contributed by atoms with E-state index in [1.165, 1.54) is 4.90 Å². The molecule has 0 spiro atoms. The van der Waals surface area contributed by atoms with Crippen LogP contribution in [0.4, 0.5) is 0 Å². The van der Waals surface area contributed by atoms with E-state index in [2.05, 4.69) is 0 Å². The first-order valence-electron chi connectivity index (χ1n) is 6.56. The summed E-state index contributed by atoms with van der Waals surface area (Å²) in [7, 11) is 0. The average molecular weight is 277 g/mol. The maximum Gasteiger partial charge on any atom is 0.240 e. The molecule has 2 atom stereocenters. The number of hydrogen-bond donors (Lipinski definition) is 3. The van der Waals surface area contributed by atoms with Gasteiger partial charge in [0.1, 0.15) is 6.04 Å². The quantitative estimate of drug-likeness (QED) is 0.665. The fraction of sp³-hybridized carbons (Fsp3) is 0.429. The number of rotatable bonds is 4. The Bertz CT molecular complexity index is 518. The molecule has 1 aromatic carbocycles. The molecule has 1 aliphatic rings. The van der Waals surface area contributed by atoms with Crippen LogP contribution in [0.3, 0.4) is 0 Å². The maximum absolute atomic E-state index is 12.3. The zero-order valence-corrected chi connectivity index (χ0v) is 11.2. The van der Waals surface area contributed by atoms with Gasteiger partial charge in [0.2, 0.25) is 11.8 Å². The van der Waals surface area contributed by atoms with Crippen molar-refractivity contribution in [1.82, 2.24) is 4.90 Å². The van der Waals surface area contributed by atoms with Crippen molar-refractivity contribution in [2.75, 3.05) is 6.54 Å². The molecule has 2 rings (SSSR count). The van der Waals surface area contributed by atoms with Gasteiger partial charge in [-0.15, -0.1) is 0 Å². The summed E-state index contributed by atoms with van der Waals surface area (Å²) in [6, 6.07) is 6.69. The van der Waals surface area contributed by atoms with Gasteiger partial charge >= 0.3 is 0 Å². The van der Waals surface area contributed by atoms with Gasteiger partial charge in [-0.2, -0.15) is 0 Å². The average Bonchev–Trinajstić information content (AvgIpc) is 2.82. The second kappa shape index (κ2) is 6.02. The predicted molar refractivity (Wildman–Crippen MR) is 73.4 cm³/mol. The van der Waals surface area contributed by atoms with Crippen LogP contribution in [0.2, 0.25) is 0 Å². The van der Waals surface area contributed by atoms with E-state index < -0.39 is 18.1 Å². The number of aliphatic hydroxyl groups excluding tert-OH is 1. The monoisotopic (exact) mass is 277 g/mol. The molecule has 108 valence electrons. The number of primary amides is 1. The molecule has 1 aliphatic heterocycles. The van der Waals surface area contributed by atoms with Crippen LogP contribution in [0.5, 0.6) is 0 Å². The number of nitrogens with zero attached hydrogens (tertiary/aromatic N) is 1. The Hall–Kier alpha value is -1.92. The van der Waals surface area contributed by atoms with E-state index in [1.807, 2.05) is 24.3 Å². The lowest BCUT2D eigenvalue weighted by molar-refractivity contribution is -0.136. The summed E-state index contributed by atoms with van der Waals surface area (Å²) in [5.41, 5.74) is 12.6. The van der Waals surface area contributed by atoms with Crippen molar-refractivity contribution in [1.29, 1.82) is 0 Å². The highest BCUT2D eigenvalue weighted by atomic mass is 16.3. The first-order valence-corrected chi connectivity index (χ1v) is 6.56. The molecule has 1 fully saturated rings. The van der Waals surface area contributed by atoms with E-state index in [0.29, 0.717) is 6.54 Å². The molecular weight excluding hydrogens is 258 g/mol. The molecular formula is C14H19N3O3. The summed E-state index contributed by atoms with van der Waals surface area (Å²) in [4.78, 5) is 25.0. The highest BCUT2D eigenvalue weighted by Gasteiger charge is 2.37. The molecule has 6 heteroatoms. The van der Waals surface area contributed by atoms with Gasteiger partial charge in [-0.3, -0.25) is 9.59 Å². The third-order valence-electron chi connectivity index (χ3n) is 3.61. The van der Waals surface area contributed by atoms with E-state index in [0.717, 1.165) is 11.1 Å². The lowest BCUT2D eigenvalue weighted by atomic mass is 10.0. The van der Waals surface area contributed by atoms with Crippen LogP contribution < -0.4 is 11.5 Å². The van der Waals surface area contributed by atoms with Crippen LogP contribution >= 0.6 is 0 Å². The van der Waals surface area contributed by atoms with Crippen LogP contribution in [-0.2, 0) is 22.6 Å². The third kappa shape index (κ3) is 2.97. The normalized spacial score (nSPS) is 22.0. The highest BCUT2D eigenvalue weighted by molar-refractivity contribution is 5.88. The van der Waals surface area contributed by atoms with Gasteiger partial charge in [0.25, 0.3) is 0 Å². The summed E-state index contributed by atoms with van der Waals surface area (Å²) in [6.45, 7) is 0.503. The zero-order chi connectivity index (χ0) is 14.7. The molecule has 0 aliphatic carbocycles. The van der Waals surface area contributed by atoms with Crippen LogP contribution in [-0.4, -0.2) is 40.5 Å². The van der Waals surface area contributed by atoms with Crippen molar-refractivity contribution in [3.63, 3.8) is 0 Å². The number of nitrogens with two attached hydrogens (primary N) is 2. The maximum atomic E-state index is 12.3. The van der Waals surface area contributed by atoms with Crippen molar-refractivity contribution in [3.8, 4) is 0 Å². The summed E-state index contributed by atoms with van der Waals surface area (Å²) in [6.07, 6.45) is -0.329. The Morgan fingerprint density at radius 3 is 2.55 bits per heavy atom. The van der Waals surface area contributed by atoms with Crippen molar-refractivity contribution in [3.05, 3.63) is 35.4 Å². The SMILES string of the molecule is NCc1ccccc1CC(=O)N1CC(O)CC1C(N)=O. The van der Waals surface area contributed by atoms with Gasteiger partial charge in [0.15, 0.2) is 0 Å². The van der Waals surface area contributed by atoms with Gasteiger partial charge in [-0.25, -0.2) is 0 Å². The molecule has 1 saturated heterocycles. The molecule has 1 heterocycles. The van der Waals surface area contributed by atoms with E-state index in [-0.39, 0.29) is 25.3 Å². The number of carbonyl (C=O) groups excluding carboxylic acids is 2. The van der Waals surface area contributed by atoms with E-state index in [4.69, 9.17) is 11.5 Å². The molecule has 1 aromatic rings. The lowest BCUT2D eigenvalue weighted by Crippen LogP contribution is -2.44. The number of amides is 2. The van der Waals surface area contributed by atoms with Crippen LogP contribution in [0.1, 0.15) is 17.5 Å². The molecule has 0 radical (unpaired) electrons. The topological polar surface area (TPSA) is 110 Å². The first-order chi connectivity index (χ1) is 9.52. The Morgan fingerprint density at radius 2 is 1.95 bits per heavy atom. The van der Waals surface area contributed by atoms with Crippen LogP contribution in [0.25, 0.3) is 0 Å². The second-order valence-corrected chi connectivity index (χ2v) is 5.00. The number of carbonyl (C=O) groups is 2. The molecule has 5 N–H and O–H groups in total. The molecule has 0 bridgehead atoms. The minimum Gasteiger partial charge on any atom is -0.391 e. The van der Waals surface area contributed by atoms with Crippen molar-refractivity contribution in [2.24, 2.45) is 11.5 Å². The fourth-order valence-corrected chi connectivity index (χ4v) is 2.55. The lowest BCUT2D eigenvalue weighted by Gasteiger charge is -2.22. The highest BCUT2D eigenvalue weighted by Crippen LogP contribution is 2.20. The van der Waals surface area contributed by atoms with Gasteiger partial charge < -0.3 is 21.5 Å². The number of hydrogen-bond acceptors (Lipinski definition) is 4. The molecule has 0 aromatic heterocycles. The number of benzene rings is 1. The van der Waals surface area contributed by atoms with E-state index >= 15 is 0 Å². The summed E-state index contributed by atoms with van der Waals surface area (Å²) >= 11 is 0. The van der Waals surface area contributed by atoms with Gasteiger partial charge in [-0.1, -0.05) is 24.3 Å². The molecule has 0 saturated carbocycles. The fourth-order valence-electron chi connectivity index (χ4n) is 2.55. The van der Waals surface area contributed by atoms with Gasteiger partial charge in [0, 0.05) is 19.5 Å². The number of likely N-dealkylation sites (tertiary alicyclic amines) is 1. The third-order valence-corrected chi connectivity index (χ3v) is 3.61. The molecule has 2 amide bonds. The number of aliphatic hydroxyl groups is 1. The van der Waals surface area contributed by atoms with Crippen LogP contribution in [0, 0.1) is 0 Å². The minimum atomic E-state index is -0.720. The van der Waals surface area contributed by atoms with E-state index in [9.17, 15) is 14.7 Å². The van der Waals surface area contributed by atoms with Crippen molar-refractivity contribution < 1.29 is 14.7 Å². The molecule has 2 unspecified atom stereocenters. The predicted octanol–water partition coefficient (Wildman–Crippen LogP) is -0.865. The van der Waals surface area contributed by atoms with Crippen molar-refractivity contribution >= 4 is 11.8 Å². The van der Waals surface area contributed by atoms with Crippen molar-refractivity contribution in [2.45, 2.75) is 31.5 Å². The minimum absolute atomic E-state index is 0.150. The summed E-state index contributed by atoms with van der Waals surface area (Å²) in [5, 5.41) is 9.61. The molecule has 20 heavy (non-hydrogen) atoms. The zero-order valence-electron chi connectivity index (χ0n) is 11.2. The standard InChI is InChI=1S/C14H19N3O3/c15-7-10-4-2-1-3-9(10)5-13(19)17-8-11(18)6-12(17)14(16)20/h1-4,11-12,18H,5-8,15H2,(H2,16,20). The number of β-amino-alcohol motifs (C(OH)–C–C–N with tert-alkyl or cyclic N) is 1. The Balaban J connectivity index is 2.13. The second-order valence-electron chi connectivity index (χ2n) is 5.00. The first kappa shape index (κ1) is 14.5. The Labute approximate surface area is 117 Å². The summed E-state index contributed by atoms with van der Waals surface area (Å²) < 4.78 is 0. The molecule has 6 nitrogen and oxygen atoms in total. The van der Waals surface area contributed by atoms with Crippen LogP contribution in [0.15, 0.2) is 24.3 Å². The van der Waals surface area contributed by atoms with Gasteiger partial charge in [0.05, 0.1) is 12.5 Å². The van der Waals surface area contributed by atoms with E-state index in [1.54, 1.807) is 0 Å².